The fourth-order valence-electron chi connectivity index (χ4n) is 4.47. The van der Waals surface area contributed by atoms with Crippen molar-refractivity contribution in [1.29, 1.82) is 0 Å². The topological polar surface area (TPSA) is 82.0 Å². The Morgan fingerprint density at radius 2 is 1.71 bits per heavy atom. The summed E-state index contributed by atoms with van der Waals surface area (Å²) in [5.41, 5.74) is -1.11. The molecule has 1 saturated carbocycles. The first-order chi connectivity index (χ1) is 15.0. The van der Waals surface area contributed by atoms with Gasteiger partial charge in [0.25, 0.3) is 0 Å². The first-order valence-electron chi connectivity index (χ1n) is 10.4. The number of carboxylic acid groups (broad SMARTS) is 1. The van der Waals surface area contributed by atoms with Crippen LogP contribution in [0, 0.1) is 5.92 Å². The number of benzene rings is 3. The zero-order valence-electron chi connectivity index (χ0n) is 16.9. The van der Waals surface area contributed by atoms with Crippen LogP contribution in [0.5, 0.6) is 5.75 Å². The Hall–Kier alpha value is -2.46. The molecule has 0 heterocycles. The number of carbonyl (C=O) groups is 1. The van der Waals surface area contributed by atoms with Gasteiger partial charge in [0, 0.05) is 11.3 Å². The molecule has 0 aliphatic heterocycles. The van der Waals surface area contributed by atoms with Gasteiger partial charge in [0.2, 0.25) is 11.3 Å². The van der Waals surface area contributed by atoms with Crippen molar-refractivity contribution >= 4 is 36.5 Å². The second-order valence-electron chi connectivity index (χ2n) is 7.80. The van der Waals surface area contributed by atoms with Crippen LogP contribution in [0.4, 0.5) is 0 Å². The molecule has 0 aromatic heterocycles. The van der Waals surface area contributed by atoms with E-state index in [1.54, 1.807) is 30.3 Å². The molecule has 3 aromatic rings. The van der Waals surface area contributed by atoms with Gasteiger partial charge in [-0.2, -0.15) is 0 Å². The monoisotopic (exact) mass is 455 g/mol. The van der Waals surface area contributed by atoms with E-state index in [9.17, 15) is 14.8 Å². The Morgan fingerprint density at radius 3 is 2.42 bits per heavy atom. The molecule has 1 N–H and O–H groups in total. The van der Waals surface area contributed by atoms with Gasteiger partial charge in [0.1, 0.15) is 0 Å². The molecule has 31 heavy (non-hydrogen) atoms. The standard InChI is InChI=1S/C24H23ClNO4P/c25-21-16-15-17-9-7-8-14-20(17)22(21)30-31(29)26-24(23(27)28,18-10-3-1-4-11-18)19-12-5-2-6-13-19/h1,3-4,7-11,14-16,19H,2,5-6,12-13H2,(H,27,28)/t24-/m1/s1. The molecule has 7 heteroatoms. The van der Waals surface area contributed by atoms with E-state index < -0.39 is 19.7 Å². The summed E-state index contributed by atoms with van der Waals surface area (Å²) in [6.45, 7) is 0. The van der Waals surface area contributed by atoms with E-state index in [0.717, 1.165) is 24.6 Å². The predicted octanol–water partition coefficient (Wildman–Crippen LogP) is 6.29. The van der Waals surface area contributed by atoms with Gasteiger partial charge in [-0.15, -0.1) is 0 Å². The molecule has 5 nitrogen and oxygen atoms in total. The molecule has 0 spiro atoms. The maximum absolute atomic E-state index is 13.2. The highest BCUT2D eigenvalue weighted by Crippen LogP contribution is 2.47. The van der Waals surface area contributed by atoms with Gasteiger partial charge in [0.05, 0.1) is 5.02 Å². The lowest BCUT2D eigenvalue weighted by Crippen LogP contribution is -2.42. The van der Waals surface area contributed by atoms with Gasteiger partial charge in [-0.3, -0.25) is 4.52 Å². The average molecular weight is 456 g/mol. The van der Waals surface area contributed by atoms with E-state index in [0.29, 0.717) is 28.8 Å². The minimum absolute atomic E-state index is 0.251. The van der Waals surface area contributed by atoms with Crippen molar-refractivity contribution in [3.8, 4) is 5.75 Å². The van der Waals surface area contributed by atoms with Crippen molar-refractivity contribution in [2.24, 2.45) is 10.7 Å². The van der Waals surface area contributed by atoms with E-state index in [1.165, 1.54) is 0 Å². The van der Waals surface area contributed by atoms with Crippen LogP contribution in [0.25, 0.3) is 10.8 Å². The van der Waals surface area contributed by atoms with Gasteiger partial charge >= 0.3 is 14.1 Å². The molecule has 4 rings (SSSR count). The smallest absolute Gasteiger partial charge is 0.396 e. The van der Waals surface area contributed by atoms with E-state index in [-0.39, 0.29) is 11.7 Å². The summed E-state index contributed by atoms with van der Waals surface area (Å²) < 4.78 is 10.1. The third-order valence-corrected chi connectivity index (χ3v) is 7.09. The average Bonchev–Trinajstić information content (AvgIpc) is 2.80. The zero-order chi connectivity index (χ0) is 21.8. The van der Waals surface area contributed by atoms with E-state index in [2.05, 4.69) is 4.74 Å². The van der Waals surface area contributed by atoms with E-state index in [4.69, 9.17) is 16.1 Å². The summed E-state index contributed by atoms with van der Waals surface area (Å²) in [5, 5.41) is 12.2. The maximum atomic E-state index is 13.2. The minimum atomic E-state index is -2.71. The minimum Gasteiger partial charge on any atom is -0.575 e. The summed E-state index contributed by atoms with van der Waals surface area (Å²) in [4.78, 5) is 25.9. The van der Waals surface area contributed by atoms with Crippen molar-refractivity contribution in [2.45, 2.75) is 37.6 Å². The van der Waals surface area contributed by atoms with Crippen molar-refractivity contribution in [2.75, 3.05) is 0 Å². The number of carboxylic acids is 1. The van der Waals surface area contributed by atoms with Gasteiger partial charge < -0.3 is 10.00 Å². The van der Waals surface area contributed by atoms with Gasteiger partial charge in [0.15, 0.2) is 0 Å². The van der Waals surface area contributed by atoms with Crippen LogP contribution in [-0.4, -0.2) is 11.1 Å². The number of hydrogen-bond donors (Lipinski definition) is 1. The van der Waals surface area contributed by atoms with Crippen molar-refractivity contribution in [3.63, 3.8) is 0 Å². The van der Waals surface area contributed by atoms with Crippen molar-refractivity contribution < 1.29 is 19.3 Å². The molecule has 160 valence electrons. The van der Waals surface area contributed by atoms with Crippen LogP contribution in [0.15, 0.2) is 71.5 Å². The predicted molar refractivity (Wildman–Crippen MR) is 121 cm³/mol. The number of aliphatic carboxylic acids is 1. The highest BCUT2D eigenvalue weighted by atomic mass is 35.5. The molecule has 1 fully saturated rings. The Kier molecular flexibility index (Phi) is 6.57. The molecule has 0 saturated heterocycles. The summed E-state index contributed by atoms with van der Waals surface area (Å²) in [6.07, 6.45) is 4.34. The molecule has 0 amide bonds. The van der Waals surface area contributed by atoms with Crippen LogP contribution in [-0.2, 0) is 10.3 Å². The molecular weight excluding hydrogens is 433 g/mol. The molecule has 1 unspecified atom stereocenters. The number of nitrogens with zero attached hydrogens (tertiary/aromatic N) is 1. The quantitative estimate of drug-likeness (QED) is 0.443. The molecular formula is C24H23ClNO4P. The first kappa shape index (κ1) is 21.8. The van der Waals surface area contributed by atoms with E-state index >= 15 is 0 Å². The highest BCUT2D eigenvalue weighted by molar-refractivity contribution is 7.34. The summed E-state index contributed by atoms with van der Waals surface area (Å²) in [5.74, 6) is -1.12. The fraction of sp³-hybridized carbons (Fsp3) is 0.292. The molecule has 1 aliphatic carbocycles. The fourth-order valence-corrected chi connectivity index (χ4v) is 5.74. The number of halogens is 1. The van der Waals surface area contributed by atoms with E-state index in [1.807, 2.05) is 36.4 Å². The zero-order valence-corrected chi connectivity index (χ0v) is 18.6. The van der Waals surface area contributed by atoms with Crippen molar-refractivity contribution in [1.82, 2.24) is 0 Å². The Labute approximate surface area is 187 Å². The molecule has 0 bridgehead atoms. The number of fused-ring (bicyclic) bond motifs is 1. The molecule has 1 aliphatic rings. The highest BCUT2D eigenvalue weighted by Gasteiger charge is 2.51. The summed E-state index contributed by atoms with van der Waals surface area (Å²) in [7, 11) is -2.71. The molecule has 0 radical (unpaired) electrons. The Balaban J connectivity index is 1.81. The largest absolute Gasteiger partial charge is 0.575 e. The van der Waals surface area contributed by atoms with Crippen LogP contribution in [0.2, 0.25) is 5.02 Å². The Bertz CT molecular complexity index is 1120. The number of hydrogen-bond acceptors (Lipinski definition) is 4. The molecule has 3 aromatic carbocycles. The summed E-state index contributed by atoms with van der Waals surface area (Å²) >= 11 is 6.34. The summed E-state index contributed by atoms with van der Waals surface area (Å²) in [6, 6.07) is 19.8. The molecule has 2 atom stereocenters. The second kappa shape index (κ2) is 9.35. The van der Waals surface area contributed by atoms with Crippen LogP contribution >= 0.6 is 19.8 Å². The maximum Gasteiger partial charge on any atom is 0.396 e. The lowest BCUT2D eigenvalue weighted by atomic mass is 9.71. The Morgan fingerprint density at radius 1 is 1.03 bits per heavy atom. The SMILES string of the molecule is O=C(O)[C@@](/N=[P+](\[O-])Oc1c(Cl)ccc2ccccc12)(c1ccccc1)C1CCCCC1. The van der Waals surface area contributed by atoms with Gasteiger partial charge in [-0.05, 0) is 34.6 Å². The van der Waals surface area contributed by atoms with Crippen molar-refractivity contribution in [3.05, 3.63) is 77.3 Å². The van der Waals surface area contributed by atoms with Crippen LogP contribution in [0.1, 0.15) is 37.7 Å². The normalized spacial score (nSPS) is 17.3. The first-order valence-corrected chi connectivity index (χ1v) is 11.9. The lowest BCUT2D eigenvalue weighted by Gasteiger charge is -2.34. The van der Waals surface area contributed by atoms with Crippen LogP contribution < -0.4 is 9.42 Å². The van der Waals surface area contributed by atoms with Gasteiger partial charge in [-0.25, -0.2) is 4.79 Å². The second-order valence-corrected chi connectivity index (χ2v) is 9.06. The lowest BCUT2D eigenvalue weighted by molar-refractivity contribution is -0.171. The van der Waals surface area contributed by atoms with Gasteiger partial charge in [-0.1, -0.05) is 91.5 Å². The number of rotatable bonds is 6. The van der Waals surface area contributed by atoms with Crippen LogP contribution in [0.3, 0.4) is 0 Å². The third kappa shape index (κ3) is 4.31. The third-order valence-electron chi connectivity index (χ3n) is 5.98.